The van der Waals surface area contributed by atoms with Crippen LogP contribution in [0, 0.1) is 20.8 Å². The van der Waals surface area contributed by atoms with Crippen molar-refractivity contribution in [3.63, 3.8) is 0 Å². The summed E-state index contributed by atoms with van der Waals surface area (Å²) in [6, 6.07) is 21.2. The third-order valence-electron chi connectivity index (χ3n) is 8.96. The summed E-state index contributed by atoms with van der Waals surface area (Å²) in [6.07, 6.45) is 7.64. The summed E-state index contributed by atoms with van der Waals surface area (Å²) in [5, 5.41) is 0. The molecule has 0 spiro atoms. The van der Waals surface area contributed by atoms with Crippen LogP contribution >= 0.6 is 0 Å². The van der Waals surface area contributed by atoms with E-state index in [0.29, 0.717) is 6.42 Å². The number of carbonyl (C=O) groups excluding carboxylic acids is 1. The van der Waals surface area contributed by atoms with E-state index in [-0.39, 0.29) is 11.7 Å². The number of hydrogen-bond acceptors (Lipinski definition) is 4. The van der Waals surface area contributed by atoms with E-state index in [1.165, 1.54) is 50.4 Å². The molecule has 0 atom stereocenters. The lowest BCUT2D eigenvalue weighted by molar-refractivity contribution is -0.113. The Bertz CT molecular complexity index is 1280. The summed E-state index contributed by atoms with van der Waals surface area (Å²) in [5.41, 5.74) is 12.2. The molecule has 0 bridgehead atoms. The topological polar surface area (TPSA) is 26.8 Å². The van der Waals surface area contributed by atoms with Crippen LogP contribution in [-0.2, 0) is 4.79 Å². The molecule has 0 aliphatic heterocycles. The smallest absolute Gasteiger partial charge is 0.159 e. The fourth-order valence-corrected chi connectivity index (χ4v) is 6.17. The van der Waals surface area contributed by atoms with Gasteiger partial charge in [0, 0.05) is 68.7 Å². The number of aryl methyl sites for hydroxylation is 3. The van der Waals surface area contributed by atoms with Crippen LogP contribution in [0.15, 0.2) is 78.9 Å². The molecule has 0 fully saturated rings. The van der Waals surface area contributed by atoms with Gasteiger partial charge in [-0.2, -0.15) is 0 Å². The van der Waals surface area contributed by atoms with Gasteiger partial charge in [0.1, 0.15) is 0 Å². The van der Waals surface area contributed by atoms with Gasteiger partial charge in [-0.25, -0.2) is 0 Å². The van der Waals surface area contributed by atoms with Crippen molar-refractivity contribution in [2.75, 3.05) is 54.0 Å². The van der Waals surface area contributed by atoms with E-state index in [4.69, 9.17) is 0 Å². The molecule has 4 rings (SSSR count). The minimum absolute atomic E-state index is 0.168. The summed E-state index contributed by atoms with van der Waals surface area (Å²) in [7, 11) is 0. The Hall–Kier alpha value is -3.79. The zero-order valence-electron chi connectivity index (χ0n) is 28.8. The van der Waals surface area contributed by atoms with Crippen LogP contribution in [0.3, 0.4) is 0 Å². The molecular weight excluding hydrogens is 538 g/mol. The maximum Gasteiger partial charge on any atom is 0.159 e. The third kappa shape index (κ3) is 8.43. The van der Waals surface area contributed by atoms with E-state index in [1.807, 2.05) is 12.2 Å². The van der Waals surface area contributed by atoms with E-state index in [2.05, 4.69) is 132 Å². The molecule has 4 nitrogen and oxygen atoms in total. The van der Waals surface area contributed by atoms with E-state index in [9.17, 15) is 4.79 Å². The molecule has 0 saturated carbocycles. The summed E-state index contributed by atoms with van der Waals surface area (Å²) in [5.74, 6) is 0.365. The molecule has 1 aliphatic carbocycles. The van der Waals surface area contributed by atoms with Crippen molar-refractivity contribution in [2.24, 2.45) is 0 Å². The number of rotatable bonds is 12. The fraction of sp³-hybridized carbons (Fsp3) is 0.425. The zero-order valence-corrected chi connectivity index (χ0v) is 28.8. The monoisotopic (exact) mass is 593 g/mol. The number of allylic oxidation sites excluding steroid dienone is 4. The second-order valence-corrected chi connectivity index (χ2v) is 11.5. The molecular formula is C40H55N3O. The molecule has 3 aromatic carbocycles. The van der Waals surface area contributed by atoms with Crippen LogP contribution in [0.5, 0.6) is 0 Å². The van der Waals surface area contributed by atoms with Gasteiger partial charge in [0.15, 0.2) is 5.78 Å². The van der Waals surface area contributed by atoms with Crippen molar-refractivity contribution < 1.29 is 4.79 Å². The van der Waals surface area contributed by atoms with Crippen LogP contribution in [-0.4, -0.2) is 45.1 Å². The van der Waals surface area contributed by atoms with Gasteiger partial charge in [-0.1, -0.05) is 36.4 Å². The van der Waals surface area contributed by atoms with Gasteiger partial charge >= 0.3 is 0 Å². The average Bonchev–Trinajstić information content (AvgIpc) is 3.03. The Morgan fingerprint density at radius 3 is 1.11 bits per heavy atom. The van der Waals surface area contributed by atoms with Crippen molar-refractivity contribution >= 4 is 22.8 Å². The van der Waals surface area contributed by atoms with Gasteiger partial charge in [-0.15, -0.1) is 0 Å². The Labute approximate surface area is 268 Å². The maximum absolute atomic E-state index is 10.3. The summed E-state index contributed by atoms with van der Waals surface area (Å²) in [6.45, 7) is 26.4. The first-order valence-electron chi connectivity index (χ1n) is 16.6. The molecule has 0 unspecified atom stereocenters. The van der Waals surface area contributed by atoms with E-state index >= 15 is 0 Å². The maximum atomic E-state index is 10.3. The van der Waals surface area contributed by atoms with Crippen molar-refractivity contribution in [3.05, 3.63) is 112 Å². The second kappa shape index (κ2) is 16.9. The number of anilines is 3. The molecule has 4 heteroatoms. The fourth-order valence-electron chi connectivity index (χ4n) is 6.17. The summed E-state index contributed by atoms with van der Waals surface area (Å²) < 4.78 is 0. The summed E-state index contributed by atoms with van der Waals surface area (Å²) >= 11 is 0. The Balaban J connectivity index is 0.000000662. The van der Waals surface area contributed by atoms with E-state index < -0.39 is 0 Å². The minimum atomic E-state index is 0.168. The lowest BCUT2D eigenvalue weighted by atomic mass is 9.79. The quantitative estimate of drug-likeness (QED) is 0.196. The molecule has 1 aliphatic rings. The van der Waals surface area contributed by atoms with Crippen LogP contribution in [0.2, 0.25) is 0 Å². The molecule has 0 radical (unpaired) electrons. The standard InChI is InChI=1S/C34H49N3.C6H6O/c1-10-35(11-2)28-19-16-25(7)31(22-28)34(32-23-29(20-17-26(32)8)36(12-3)13-4)33-24-30(21-18-27(33)9)37(14-5)15-6;7-6-4-2-1-3-5-6/h16-24,34H,10-15H2,1-9H3;1-4H,5H2. The van der Waals surface area contributed by atoms with Crippen LogP contribution in [0.1, 0.15) is 87.3 Å². The van der Waals surface area contributed by atoms with Gasteiger partial charge in [-0.3, -0.25) is 4.79 Å². The minimum Gasteiger partial charge on any atom is -0.372 e. The first-order chi connectivity index (χ1) is 21.2. The first-order valence-corrected chi connectivity index (χ1v) is 16.6. The highest BCUT2D eigenvalue weighted by Crippen LogP contribution is 2.41. The number of ketones is 1. The highest BCUT2D eigenvalue weighted by atomic mass is 16.1. The molecule has 3 aromatic rings. The Morgan fingerprint density at radius 2 is 0.886 bits per heavy atom. The molecule has 0 amide bonds. The zero-order chi connectivity index (χ0) is 32.2. The van der Waals surface area contributed by atoms with Crippen molar-refractivity contribution in [1.82, 2.24) is 0 Å². The number of hydrogen-bond donors (Lipinski definition) is 0. The molecule has 0 saturated heterocycles. The van der Waals surface area contributed by atoms with Crippen LogP contribution in [0.25, 0.3) is 0 Å². The van der Waals surface area contributed by atoms with Crippen LogP contribution < -0.4 is 14.7 Å². The predicted molar refractivity (Wildman–Crippen MR) is 193 cm³/mol. The Morgan fingerprint density at radius 1 is 0.545 bits per heavy atom. The van der Waals surface area contributed by atoms with Gasteiger partial charge in [-0.05, 0) is 138 Å². The van der Waals surface area contributed by atoms with Gasteiger partial charge in [0.2, 0.25) is 0 Å². The summed E-state index contributed by atoms with van der Waals surface area (Å²) in [4.78, 5) is 17.7. The molecule has 44 heavy (non-hydrogen) atoms. The largest absolute Gasteiger partial charge is 0.372 e. The predicted octanol–water partition coefficient (Wildman–Crippen LogP) is 9.40. The highest BCUT2D eigenvalue weighted by Gasteiger charge is 2.25. The van der Waals surface area contributed by atoms with Crippen molar-refractivity contribution in [1.29, 1.82) is 0 Å². The lowest BCUT2D eigenvalue weighted by Gasteiger charge is -2.30. The number of nitrogens with zero attached hydrogens (tertiary/aromatic N) is 3. The highest BCUT2D eigenvalue weighted by molar-refractivity contribution is 5.92. The number of benzene rings is 3. The lowest BCUT2D eigenvalue weighted by Crippen LogP contribution is -2.23. The van der Waals surface area contributed by atoms with E-state index in [0.717, 1.165) is 39.3 Å². The van der Waals surface area contributed by atoms with E-state index in [1.54, 1.807) is 12.2 Å². The molecule has 0 heterocycles. The second-order valence-electron chi connectivity index (χ2n) is 11.5. The molecule has 236 valence electrons. The first kappa shape index (κ1) is 34.7. The number of carbonyl (C=O) groups is 1. The normalized spacial score (nSPS) is 12.3. The Kier molecular flexibility index (Phi) is 13.3. The van der Waals surface area contributed by atoms with Gasteiger partial charge in [0.05, 0.1) is 0 Å². The molecule has 0 N–H and O–H groups in total. The van der Waals surface area contributed by atoms with Crippen molar-refractivity contribution in [3.8, 4) is 0 Å². The SMILES string of the molecule is CCN(CC)c1ccc(C)c(C(c2cc(N(CC)CC)ccc2C)c2cc(N(CC)CC)ccc2C)c1.O=C1C=CC=CC1. The molecule has 0 aromatic heterocycles. The van der Waals surface area contributed by atoms with Crippen molar-refractivity contribution in [2.45, 2.75) is 74.7 Å². The average molecular weight is 594 g/mol. The van der Waals surface area contributed by atoms with Crippen LogP contribution in [0.4, 0.5) is 17.1 Å². The third-order valence-corrected chi connectivity index (χ3v) is 8.96. The van der Waals surface area contributed by atoms with Gasteiger partial charge < -0.3 is 14.7 Å². The van der Waals surface area contributed by atoms with Gasteiger partial charge in [0.25, 0.3) is 0 Å².